The number of thiazole rings is 1. The lowest BCUT2D eigenvalue weighted by Crippen LogP contribution is -2.47. The molecule has 0 saturated carbocycles. The van der Waals surface area contributed by atoms with Gasteiger partial charge in [0.2, 0.25) is 0 Å². The third-order valence-corrected chi connectivity index (χ3v) is 5.68. The second kappa shape index (κ2) is 7.91. The van der Waals surface area contributed by atoms with Crippen LogP contribution in [0.3, 0.4) is 0 Å². The van der Waals surface area contributed by atoms with Crippen molar-refractivity contribution in [3.05, 3.63) is 44.6 Å². The molecule has 3 amide bonds. The molecule has 0 aliphatic carbocycles. The summed E-state index contributed by atoms with van der Waals surface area (Å²) in [6, 6.07) is -0.942. The molecule has 2 aromatic rings. The van der Waals surface area contributed by atoms with Crippen LogP contribution in [0.15, 0.2) is 17.6 Å². The van der Waals surface area contributed by atoms with Gasteiger partial charge in [0.1, 0.15) is 6.04 Å². The number of amides is 3. The molecular weight excluding hydrogens is 364 g/mol. The van der Waals surface area contributed by atoms with Gasteiger partial charge in [0.25, 0.3) is 5.91 Å². The Hall–Kier alpha value is -2.68. The van der Waals surface area contributed by atoms with Crippen molar-refractivity contribution in [3.8, 4) is 0 Å². The Bertz CT molecular complexity index is 898. The van der Waals surface area contributed by atoms with Crippen LogP contribution in [-0.4, -0.2) is 26.9 Å². The number of allylic oxidation sites excluding steroid dienone is 1. The van der Waals surface area contributed by atoms with Gasteiger partial charge in [-0.05, 0) is 33.6 Å². The van der Waals surface area contributed by atoms with Gasteiger partial charge in [0.05, 0.1) is 34.8 Å². The van der Waals surface area contributed by atoms with Crippen LogP contribution < -0.4 is 16.0 Å². The van der Waals surface area contributed by atoms with E-state index in [1.54, 1.807) is 24.6 Å². The summed E-state index contributed by atoms with van der Waals surface area (Å²) in [4.78, 5) is 37.7. The minimum absolute atomic E-state index is 0.239. The number of H-pyrrole nitrogens is 1. The van der Waals surface area contributed by atoms with Gasteiger partial charge in [-0.15, -0.1) is 11.3 Å². The third kappa shape index (κ3) is 4.02. The Kier molecular flexibility index (Phi) is 5.59. The number of hydrogen-bond acceptors (Lipinski definition) is 5. The lowest BCUT2D eigenvalue weighted by Gasteiger charge is -2.27. The summed E-state index contributed by atoms with van der Waals surface area (Å²) in [5, 5.41) is 9.52. The van der Waals surface area contributed by atoms with Crippen LogP contribution in [0.1, 0.15) is 53.3 Å². The van der Waals surface area contributed by atoms with Crippen LogP contribution in [0.2, 0.25) is 0 Å². The molecule has 27 heavy (non-hydrogen) atoms. The summed E-state index contributed by atoms with van der Waals surface area (Å²) in [6.45, 7) is 8.06. The van der Waals surface area contributed by atoms with Gasteiger partial charge in [-0.1, -0.05) is 6.92 Å². The topological polar surface area (TPSA) is 112 Å². The molecule has 0 saturated heterocycles. The Labute approximate surface area is 161 Å². The Morgan fingerprint density at radius 1 is 1.33 bits per heavy atom. The maximum Gasteiger partial charge on any atom is 0.319 e. The molecule has 1 atom stereocenters. The van der Waals surface area contributed by atoms with Gasteiger partial charge in [-0.3, -0.25) is 4.79 Å². The van der Waals surface area contributed by atoms with Crippen molar-refractivity contribution in [1.29, 1.82) is 0 Å². The largest absolute Gasteiger partial charge is 0.348 e. The van der Waals surface area contributed by atoms with Crippen molar-refractivity contribution in [3.63, 3.8) is 0 Å². The minimum atomic E-state index is -0.594. The van der Waals surface area contributed by atoms with Gasteiger partial charge in [-0.25, -0.2) is 14.8 Å². The second-order valence-electron chi connectivity index (χ2n) is 6.53. The predicted octanol–water partition coefficient (Wildman–Crippen LogP) is 2.38. The fourth-order valence-corrected chi connectivity index (χ4v) is 4.20. The average molecular weight is 388 g/mol. The van der Waals surface area contributed by atoms with Crippen LogP contribution in [0.25, 0.3) is 0 Å². The zero-order valence-corrected chi connectivity index (χ0v) is 16.7. The fourth-order valence-electron chi connectivity index (χ4n) is 3.09. The first-order valence-corrected chi connectivity index (χ1v) is 9.73. The monoisotopic (exact) mass is 388 g/mol. The lowest BCUT2D eigenvalue weighted by molar-refractivity contribution is -0.118. The normalized spacial score (nSPS) is 16.9. The van der Waals surface area contributed by atoms with Crippen LogP contribution in [0.5, 0.6) is 0 Å². The summed E-state index contributed by atoms with van der Waals surface area (Å²) < 4.78 is 0. The molecule has 1 aliphatic rings. The third-order valence-electron chi connectivity index (χ3n) is 4.47. The van der Waals surface area contributed by atoms with E-state index in [0.717, 1.165) is 34.1 Å². The van der Waals surface area contributed by atoms with Gasteiger partial charge in [0.15, 0.2) is 0 Å². The predicted molar refractivity (Wildman–Crippen MR) is 103 cm³/mol. The highest BCUT2D eigenvalue weighted by Gasteiger charge is 2.33. The second-order valence-corrected chi connectivity index (χ2v) is 7.70. The number of aromatic amines is 1. The molecule has 4 N–H and O–H groups in total. The van der Waals surface area contributed by atoms with E-state index in [-0.39, 0.29) is 11.9 Å². The van der Waals surface area contributed by atoms with Gasteiger partial charge in [-0.2, -0.15) is 0 Å². The molecule has 144 valence electrons. The average Bonchev–Trinajstić information content (AvgIpc) is 3.17. The SMILES string of the molecule is CCCc1nc(C)c(CNC(=O)C2=C(C)NC(=O)NC2c2nc[nH]c2C)s1. The van der Waals surface area contributed by atoms with Gasteiger partial charge in [0, 0.05) is 16.3 Å². The molecule has 1 aliphatic heterocycles. The highest BCUT2D eigenvalue weighted by Crippen LogP contribution is 2.27. The van der Waals surface area contributed by atoms with Crippen molar-refractivity contribution in [2.45, 2.75) is 53.1 Å². The molecule has 9 heteroatoms. The zero-order valence-electron chi connectivity index (χ0n) is 15.9. The number of rotatable bonds is 6. The molecule has 0 radical (unpaired) electrons. The molecule has 0 spiro atoms. The van der Waals surface area contributed by atoms with E-state index in [2.05, 4.69) is 37.8 Å². The Morgan fingerprint density at radius 2 is 2.11 bits per heavy atom. The molecule has 3 heterocycles. The first kappa shape index (κ1) is 19.1. The quantitative estimate of drug-likeness (QED) is 0.609. The van der Waals surface area contributed by atoms with Crippen molar-refractivity contribution in [2.75, 3.05) is 0 Å². The number of nitrogens with zero attached hydrogens (tertiary/aromatic N) is 2. The van der Waals surface area contributed by atoms with E-state index in [1.807, 2.05) is 13.8 Å². The van der Waals surface area contributed by atoms with E-state index in [1.165, 1.54) is 0 Å². The number of urea groups is 1. The zero-order chi connectivity index (χ0) is 19.6. The lowest BCUT2D eigenvalue weighted by atomic mass is 9.98. The van der Waals surface area contributed by atoms with Crippen molar-refractivity contribution in [2.24, 2.45) is 0 Å². The number of nitrogens with one attached hydrogen (secondary N) is 4. The molecule has 8 nitrogen and oxygen atoms in total. The van der Waals surface area contributed by atoms with E-state index in [9.17, 15) is 9.59 Å². The van der Waals surface area contributed by atoms with Crippen molar-refractivity contribution in [1.82, 2.24) is 30.9 Å². The van der Waals surface area contributed by atoms with Crippen LogP contribution >= 0.6 is 11.3 Å². The number of aromatic nitrogens is 3. The maximum atomic E-state index is 12.9. The van der Waals surface area contributed by atoms with Crippen LogP contribution in [0, 0.1) is 13.8 Å². The highest BCUT2D eigenvalue weighted by atomic mass is 32.1. The van der Waals surface area contributed by atoms with Crippen LogP contribution in [0.4, 0.5) is 4.79 Å². The summed E-state index contributed by atoms with van der Waals surface area (Å²) in [5.74, 6) is -0.239. The van der Waals surface area contributed by atoms with Gasteiger partial charge < -0.3 is 20.9 Å². The molecule has 3 rings (SSSR count). The molecular formula is C18H24N6O2S. The number of aryl methyl sites for hydroxylation is 3. The standard InChI is InChI=1S/C18H24N6O2S/c1-5-6-13-22-9(2)12(27-13)7-19-17(25)14-10(3)23-18(26)24-16(14)15-11(4)20-8-21-15/h8,16H,5-7H2,1-4H3,(H,19,25)(H,20,21)(H2,23,24,26). The van der Waals surface area contributed by atoms with E-state index >= 15 is 0 Å². The van der Waals surface area contributed by atoms with E-state index in [0.29, 0.717) is 23.5 Å². The summed E-state index contributed by atoms with van der Waals surface area (Å²) in [7, 11) is 0. The molecule has 0 aromatic carbocycles. The summed E-state index contributed by atoms with van der Waals surface area (Å²) in [5.41, 5.74) is 3.37. The number of carbonyl (C=O) groups is 2. The first-order valence-electron chi connectivity index (χ1n) is 8.92. The fraction of sp³-hybridized carbons (Fsp3) is 0.444. The van der Waals surface area contributed by atoms with E-state index < -0.39 is 6.04 Å². The molecule has 2 aromatic heterocycles. The number of imidazole rings is 1. The van der Waals surface area contributed by atoms with Crippen molar-refractivity contribution < 1.29 is 9.59 Å². The van der Waals surface area contributed by atoms with E-state index in [4.69, 9.17) is 0 Å². The van der Waals surface area contributed by atoms with Crippen molar-refractivity contribution >= 4 is 23.3 Å². The maximum absolute atomic E-state index is 12.9. The Balaban J connectivity index is 1.80. The number of carbonyl (C=O) groups excluding carboxylic acids is 2. The Morgan fingerprint density at radius 3 is 2.78 bits per heavy atom. The minimum Gasteiger partial charge on any atom is -0.348 e. The summed E-state index contributed by atoms with van der Waals surface area (Å²) >= 11 is 1.63. The first-order chi connectivity index (χ1) is 12.9. The number of hydrogen-bond donors (Lipinski definition) is 4. The molecule has 0 fully saturated rings. The molecule has 1 unspecified atom stereocenters. The van der Waals surface area contributed by atoms with Gasteiger partial charge >= 0.3 is 6.03 Å². The van der Waals surface area contributed by atoms with Crippen LogP contribution in [-0.2, 0) is 17.8 Å². The highest BCUT2D eigenvalue weighted by molar-refractivity contribution is 7.11. The smallest absolute Gasteiger partial charge is 0.319 e. The molecule has 0 bridgehead atoms. The summed E-state index contributed by atoms with van der Waals surface area (Å²) in [6.07, 6.45) is 3.54.